The van der Waals surface area contributed by atoms with Crippen LogP contribution in [-0.4, -0.2) is 25.1 Å². The van der Waals surface area contributed by atoms with Gasteiger partial charge in [0.15, 0.2) is 11.5 Å². The van der Waals surface area contributed by atoms with Crippen LogP contribution in [-0.2, 0) is 13.2 Å². The molecule has 0 aliphatic carbocycles. The van der Waals surface area contributed by atoms with Gasteiger partial charge in [-0.3, -0.25) is 10.1 Å². The van der Waals surface area contributed by atoms with Gasteiger partial charge in [-0.1, -0.05) is 29.8 Å². The minimum atomic E-state index is -0.410. The van der Waals surface area contributed by atoms with Gasteiger partial charge in [0, 0.05) is 42.5 Å². The molecule has 0 saturated heterocycles. The van der Waals surface area contributed by atoms with Crippen molar-refractivity contribution >= 4 is 23.0 Å². The minimum absolute atomic E-state index is 0.0811. The normalized spacial score (nSPS) is 10.5. The first kappa shape index (κ1) is 22.4. The monoisotopic (exact) mass is 441 g/mol. The second-order valence-electron chi connectivity index (χ2n) is 6.81. The molecule has 0 spiro atoms. The van der Waals surface area contributed by atoms with Crippen LogP contribution in [0.5, 0.6) is 11.5 Å². The molecule has 0 aliphatic rings. The number of benzene rings is 3. The number of rotatable bonds is 11. The third-order valence-corrected chi connectivity index (χ3v) is 4.78. The maximum Gasteiger partial charge on any atom is 0.269 e. The van der Waals surface area contributed by atoms with Crippen LogP contribution in [0.3, 0.4) is 0 Å². The van der Waals surface area contributed by atoms with Crippen molar-refractivity contribution in [2.24, 2.45) is 0 Å². The fourth-order valence-electron chi connectivity index (χ4n) is 2.96. The fourth-order valence-corrected chi connectivity index (χ4v) is 3.17. The summed E-state index contributed by atoms with van der Waals surface area (Å²) in [6, 6.07) is 19.8. The third-order valence-electron chi connectivity index (χ3n) is 4.55. The highest BCUT2D eigenvalue weighted by Crippen LogP contribution is 2.29. The van der Waals surface area contributed by atoms with E-state index in [1.54, 1.807) is 19.2 Å². The molecule has 0 amide bonds. The summed E-state index contributed by atoms with van der Waals surface area (Å²) >= 11 is 6.01. The molecule has 3 rings (SSSR count). The molecular weight excluding hydrogens is 418 g/mol. The van der Waals surface area contributed by atoms with E-state index < -0.39 is 4.92 Å². The summed E-state index contributed by atoms with van der Waals surface area (Å²) in [4.78, 5) is 10.3. The zero-order valence-electron chi connectivity index (χ0n) is 17.1. The second kappa shape index (κ2) is 11.2. The third kappa shape index (κ3) is 6.87. The molecule has 3 aromatic rings. The molecule has 3 aromatic carbocycles. The van der Waals surface area contributed by atoms with Crippen LogP contribution in [0.15, 0.2) is 66.7 Å². The summed E-state index contributed by atoms with van der Waals surface area (Å²) in [5.41, 5.74) is 2.98. The average molecular weight is 442 g/mol. The van der Waals surface area contributed by atoms with E-state index in [-0.39, 0.29) is 5.69 Å². The fraction of sp³-hybridized carbons (Fsp3) is 0.217. The van der Waals surface area contributed by atoms with E-state index in [0.717, 1.165) is 23.4 Å². The molecule has 0 fully saturated rings. The van der Waals surface area contributed by atoms with E-state index in [9.17, 15) is 10.1 Å². The molecule has 31 heavy (non-hydrogen) atoms. The SMILES string of the molecule is COc1cc(CNCCNc2ccc([N+](=O)[O-])cc2)ccc1OCc1cccc(Cl)c1. The Kier molecular flexibility index (Phi) is 8.09. The lowest BCUT2D eigenvalue weighted by Gasteiger charge is -2.13. The lowest BCUT2D eigenvalue weighted by molar-refractivity contribution is -0.384. The topological polar surface area (TPSA) is 85.7 Å². The summed E-state index contributed by atoms with van der Waals surface area (Å²) in [5.74, 6) is 1.34. The summed E-state index contributed by atoms with van der Waals surface area (Å²) < 4.78 is 11.4. The Hall–Kier alpha value is -3.29. The van der Waals surface area contributed by atoms with Gasteiger partial charge in [-0.2, -0.15) is 0 Å². The number of nitro benzene ring substituents is 1. The number of nitrogens with zero attached hydrogens (tertiary/aromatic N) is 1. The van der Waals surface area contributed by atoms with Crippen molar-refractivity contribution in [3.8, 4) is 11.5 Å². The zero-order valence-corrected chi connectivity index (χ0v) is 17.9. The summed E-state index contributed by atoms with van der Waals surface area (Å²) in [6.45, 7) is 2.50. The number of methoxy groups -OCH3 is 1. The van der Waals surface area contributed by atoms with Crippen LogP contribution in [0.2, 0.25) is 5.02 Å². The highest BCUT2D eigenvalue weighted by atomic mass is 35.5. The van der Waals surface area contributed by atoms with E-state index in [4.69, 9.17) is 21.1 Å². The second-order valence-corrected chi connectivity index (χ2v) is 7.25. The van der Waals surface area contributed by atoms with E-state index in [1.165, 1.54) is 12.1 Å². The van der Waals surface area contributed by atoms with Gasteiger partial charge in [-0.25, -0.2) is 0 Å². The van der Waals surface area contributed by atoms with Gasteiger partial charge in [0.05, 0.1) is 12.0 Å². The van der Waals surface area contributed by atoms with Crippen LogP contribution in [0.25, 0.3) is 0 Å². The van der Waals surface area contributed by atoms with Crippen molar-refractivity contribution < 1.29 is 14.4 Å². The number of nitrogens with one attached hydrogen (secondary N) is 2. The van der Waals surface area contributed by atoms with Gasteiger partial charge >= 0.3 is 0 Å². The number of halogens is 1. The van der Waals surface area contributed by atoms with Gasteiger partial charge in [-0.15, -0.1) is 0 Å². The van der Waals surface area contributed by atoms with E-state index >= 15 is 0 Å². The predicted octanol–water partition coefficient (Wildman–Crippen LogP) is 5.04. The Balaban J connectivity index is 1.44. The summed E-state index contributed by atoms with van der Waals surface area (Å²) in [6.07, 6.45) is 0. The molecule has 7 nitrogen and oxygen atoms in total. The van der Waals surface area contributed by atoms with E-state index in [0.29, 0.717) is 36.2 Å². The molecule has 0 radical (unpaired) electrons. The molecule has 0 saturated carbocycles. The summed E-state index contributed by atoms with van der Waals surface area (Å²) in [5, 5.41) is 17.9. The summed E-state index contributed by atoms with van der Waals surface area (Å²) in [7, 11) is 1.62. The number of non-ortho nitro benzene ring substituents is 1. The van der Waals surface area contributed by atoms with E-state index in [1.807, 2.05) is 42.5 Å². The standard InChI is InChI=1S/C23H24ClN3O4/c1-30-23-14-17(5-10-22(23)31-16-18-3-2-4-19(24)13-18)15-25-11-12-26-20-6-8-21(9-7-20)27(28)29/h2-10,13-14,25-26H,11-12,15-16H2,1H3. The van der Waals surface area contributed by atoms with Crippen molar-refractivity contribution in [3.63, 3.8) is 0 Å². The quantitative estimate of drug-likeness (QED) is 0.246. The number of ether oxygens (including phenoxy) is 2. The zero-order chi connectivity index (χ0) is 22.1. The molecule has 8 heteroatoms. The number of hydrogen-bond donors (Lipinski definition) is 2. The number of nitro groups is 1. The highest BCUT2D eigenvalue weighted by Gasteiger charge is 2.07. The van der Waals surface area contributed by atoms with Gasteiger partial charge in [-0.05, 0) is 47.5 Å². The molecule has 0 aromatic heterocycles. The largest absolute Gasteiger partial charge is 0.493 e. The molecule has 0 aliphatic heterocycles. The molecule has 162 valence electrons. The van der Waals surface area contributed by atoms with Crippen LogP contribution in [0, 0.1) is 10.1 Å². The Morgan fingerprint density at radius 3 is 2.48 bits per heavy atom. The highest BCUT2D eigenvalue weighted by molar-refractivity contribution is 6.30. The number of hydrogen-bond acceptors (Lipinski definition) is 6. The van der Waals surface area contributed by atoms with Gasteiger partial charge in [0.2, 0.25) is 0 Å². The van der Waals surface area contributed by atoms with Crippen molar-refractivity contribution in [1.29, 1.82) is 0 Å². The molecular formula is C23H24ClN3O4. The van der Waals surface area contributed by atoms with Gasteiger partial charge in [0.1, 0.15) is 6.61 Å². The molecule has 2 N–H and O–H groups in total. The lowest BCUT2D eigenvalue weighted by Crippen LogP contribution is -2.21. The average Bonchev–Trinajstić information content (AvgIpc) is 2.78. The molecule has 0 atom stereocenters. The minimum Gasteiger partial charge on any atom is -0.493 e. The van der Waals surface area contributed by atoms with Crippen LogP contribution < -0.4 is 20.1 Å². The maximum absolute atomic E-state index is 10.7. The first-order valence-electron chi connectivity index (χ1n) is 9.78. The first-order valence-corrected chi connectivity index (χ1v) is 10.2. The smallest absolute Gasteiger partial charge is 0.269 e. The first-order chi connectivity index (χ1) is 15.0. The van der Waals surface area contributed by atoms with Crippen LogP contribution in [0.1, 0.15) is 11.1 Å². The Morgan fingerprint density at radius 2 is 1.77 bits per heavy atom. The Morgan fingerprint density at radius 1 is 0.968 bits per heavy atom. The van der Waals surface area contributed by atoms with Crippen molar-refractivity contribution in [2.75, 3.05) is 25.5 Å². The van der Waals surface area contributed by atoms with Crippen LogP contribution in [0.4, 0.5) is 11.4 Å². The lowest BCUT2D eigenvalue weighted by atomic mass is 10.2. The van der Waals surface area contributed by atoms with Crippen molar-refractivity contribution in [2.45, 2.75) is 13.2 Å². The molecule has 0 bridgehead atoms. The maximum atomic E-state index is 10.7. The Bertz CT molecular complexity index is 1010. The van der Waals surface area contributed by atoms with Gasteiger partial charge < -0.3 is 20.1 Å². The molecule has 0 heterocycles. The Labute approximate surface area is 186 Å². The van der Waals surface area contributed by atoms with E-state index in [2.05, 4.69) is 10.6 Å². The van der Waals surface area contributed by atoms with Crippen LogP contribution >= 0.6 is 11.6 Å². The van der Waals surface area contributed by atoms with Gasteiger partial charge in [0.25, 0.3) is 5.69 Å². The molecule has 0 unspecified atom stereocenters. The van der Waals surface area contributed by atoms with Crippen molar-refractivity contribution in [3.05, 3.63) is 93.0 Å². The number of anilines is 1. The predicted molar refractivity (Wildman–Crippen MR) is 122 cm³/mol. The van der Waals surface area contributed by atoms with Crippen molar-refractivity contribution in [1.82, 2.24) is 5.32 Å².